The monoisotopic (exact) mass is 174 g/mol. The summed E-state index contributed by atoms with van der Waals surface area (Å²) in [4.78, 5) is -0.528. The second-order valence-corrected chi connectivity index (χ2v) is 3.43. The molecule has 11 heavy (non-hydrogen) atoms. The quantitative estimate of drug-likeness (QED) is 0.664. The number of halogens is 1. The molecule has 0 heterocycles. The fourth-order valence-electron chi connectivity index (χ4n) is 0.614. The number of hydrogen-bond acceptors (Lipinski definition) is 2. The first-order chi connectivity index (χ1) is 5.02. The predicted octanol–water partition coefficient (Wildman–Crippen LogP) is 0.273. The van der Waals surface area contributed by atoms with Crippen molar-refractivity contribution < 1.29 is 12.8 Å². The van der Waals surface area contributed by atoms with Crippen molar-refractivity contribution in [1.82, 2.24) is 0 Å². The molecule has 0 amide bonds. The lowest BCUT2D eigenvalue weighted by Crippen LogP contribution is -2.13. The maximum Gasteiger partial charge on any atom is 0.240 e. The smallest absolute Gasteiger partial charge is 0.225 e. The number of sulfonamides is 1. The van der Waals surface area contributed by atoms with E-state index in [-0.39, 0.29) is 0 Å². The van der Waals surface area contributed by atoms with Gasteiger partial charge in [0.25, 0.3) is 0 Å². The summed E-state index contributed by atoms with van der Waals surface area (Å²) >= 11 is 0. The van der Waals surface area contributed by atoms with E-state index < -0.39 is 20.7 Å². The fraction of sp³-hybridized carbons (Fsp3) is 0. The number of primary sulfonamides is 1. The SMILES string of the molecule is NS(=O)(=O)c1c[c]ccc1F. The van der Waals surface area contributed by atoms with E-state index in [1.54, 1.807) is 0 Å². The standard InChI is InChI=1S/C6H5FNO2S/c7-5-3-1-2-4-6(5)11(8,9)10/h1,3-4H,(H2,8,9,10). The zero-order valence-corrected chi connectivity index (χ0v) is 6.23. The largest absolute Gasteiger partial charge is 0.240 e. The average Bonchev–Trinajstić information content (AvgIpc) is 1.86. The van der Waals surface area contributed by atoms with Crippen LogP contribution in [0.4, 0.5) is 4.39 Å². The second-order valence-electron chi connectivity index (χ2n) is 1.90. The molecule has 1 aromatic rings. The molecule has 0 fully saturated rings. The molecular formula is C6H5FNO2S. The second kappa shape index (κ2) is 2.60. The van der Waals surface area contributed by atoms with E-state index in [4.69, 9.17) is 0 Å². The summed E-state index contributed by atoms with van der Waals surface area (Å²) < 4.78 is 33.7. The van der Waals surface area contributed by atoms with Gasteiger partial charge in [-0.05, 0) is 18.2 Å². The van der Waals surface area contributed by atoms with Gasteiger partial charge in [0, 0.05) is 0 Å². The van der Waals surface area contributed by atoms with Crippen molar-refractivity contribution in [2.75, 3.05) is 0 Å². The van der Waals surface area contributed by atoms with E-state index >= 15 is 0 Å². The van der Waals surface area contributed by atoms with Crippen LogP contribution in [-0.4, -0.2) is 8.42 Å². The molecule has 0 saturated carbocycles. The Hall–Kier alpha value is -0.940. The Morgan fingerprint density at radius 2 is 2.18 bits per heavy atom. The van der Waals surface area contributed by atoms with E-state index in [2.05, 4.69) is 11.2 Å². The van der Waals surface area contributed by atoms with Gasteiger partial charge in [0.05, 0.1) is 0 Å². The van der Waals surface area contributed by atoms with Crippen LogP contribution in [0.15, 0.2) is 23.1 Å². The molecule has 5 heteroatoms. The molecular weight excluding hydrogens is 169 g/mol. The maximum absolute atomic E-state index is 12.6. The van der Waals surface area contributed by atoms with Gasteiger partial charge < -0.3 is 0 Å². The van der Waals surface area contributed by atoms with Crippen LogP contribution in [-0.2, 0) is 10.0 Å². The highest BCUT2D eigenvalue weighted by molar-refractivity contribution is 7.89. The molecule has 0 aliphatic heterocycles. The van der Waals surface area contributed by atoms with Gasteiger partial charge in [-0.25, -0.2) is 17.9 Å². The van der Waals surface area contributed by atoms with Gasteiger partial charge in [0.15, 0.2) is 0 Å². The van der Waals surface area contributed by atoms with Gasteiger partial charge >= 0.3 is 0 Å². The molecule has 2 N–H and O–H groups in total. The van der Waals surface area contributed by atoms with Crippen molar-refractivity contribution in [3.05, 3.63) is 30.1 Å². The number of rotatable bonds is 1. The van der Waals surface area contributed by atoms with Crippen LogP contribution in [0.2, 0.25) is 0 Å². The number of hydrogen-bond donors (Lipinski definition) is 1. The van der Waals surface area contributed by atoms with Crippen LogP contribution in [0.1, 0.15) is 0 Å². The lowest BCUT2D eigenvalue weighted by atomic mass is 10.4. The highest BCUT2D eigenvalue weighted by Crippen LogP contribution is 2.09. The third-order valence-corrected chi connectivity index (χ3v) is 2.01. The molecule has 0 aliphatic rings. The van der Waals surface area contributed by atoms with E-state index in [1.807, 2.05) is 0 Å². The van der Waals surface area contributed by atoms with Crippen molar-refractivity contribution in [2.24, 2.45) is 5.14 Å². The van der Waals surface area contributed by atoms with Gasteiger partial charge in [0.1, 0.15) is 10.7 Å². The van der Waals surface area contributed by atoms with Gasteiger partial charge in [-0.15, -0.1) is 0 Å². The first kappa shape index (κ1) is 8.16. The Morgan fingerprint density at radius 1 is 1.55 bits per heavy atom. The Labute approximate surface area is 63.7 Å². The molecule has 0 spiro atoms. The molecule has 3 nitrogen and oxygen atoms in total. The third kappa shape index (κ3) is 1.75. The lowest BCUT2D eigenvalue weighted by Gasteiger charge is -1.96. The Balaban J connectivity index is 3.37. The van der Waals surface area contributed by atoms with Crippen molar-refractivity contribution in [1.29, 1.82) is 0 Å². The van der Waals surface area contributed by atoms with Crippen LogP contribution in [0.5, 0.6) is 0 Å². The van der Waals surface area contributed by atoms with Crippen LogP contribution < -0.4 is 5.14 Å². The van der Waals surface area contributed by atoms with Gasteiger partial charge in [-0.2, -0.15) is 0 Å². The van der Waals surface area contributed by atoms with E-state index in [0.29, 0.717) is 0 Å². The average molecular weight is 174 g/mol. The first-order valence-corrected chi connectivity index (χ1v) is 4.25. The summed E-state index contributed by atoms with van der Waals surface area (Å²) in [5.41, 5.74) is 0. The first-order valence-electron chi connectivity index (χ1n) is 2.70. The summed E-state index contributed by atoms with van der Waals surface area (Å²) in [6, 6.07) is 5.65. The fourth-order valence-corrected chi connectivity index (χ4v) is 1.19. The van der Waals surface area contributed by atoms with Gasteiger partial charge in [-0.1, -0.05) is 6.07 Å². The summed E-state index contributed by atoms with van der Waals surface area (Å²) in [7, 11) is -3.94. The summed E-state index contributed by atoms with van der Waals surface area (Å²) in [5.74, 6) is -0.855. The molecule has 0 aromatic heterocycles. The molecule has 1 aromatic carbocycles. The van der Waals surface area contributed by atoms with Gasteiger partial charge in [0.2, 0.25) is 10.0 Å². The van der Waals surface area contributed by atoms with Crippen molar-refractivity contribution in [2.45, 2.75) is 4.90 Å². The lowest BCUT2D eigenvalue weighted by molar-refractivity contribution is 0.568. The minimum absolute atomic E-state index is 0.528. The van der Waals surface area contributed by atoms with Crippen molar-refractivity contribution in [3.63, 3.8) is 0 Å². The van der Waals surface area contributed by atoms with Gasteiger partial charge in [-0.3, -0.25) is 0 Å². The number of nitrogens with two attached hydrogens (primary N) is 1. The summed E-state index contributed by atoms with van der Waals surface area (Å²) in [6.07, 6.45) is 0. The van der Waals surface area contributed by atoms with Crippen LogP contribution in [0, 0.1) is 11.9 Å². The van der Waals surface area contributed by atoms with Crippen LogP contribution in [0.25, 0.3) is 0 Å². The summed E-state index contributed by atoms with van der Waals surface area (Å²) in [5, 5.41) is 4.67. The van der Waals surface area contributed by atoms with Crippen molar-refractivity contribution in [3.8, 4) is 0 Å². The maximum atomic E-state index is 12.6. The zero-order chi connectivity index (χ0) is 8.48. The molecule has 59 valence electrons. The van der Waals surface area contributed by atoms with E-state index in [0.717, 1.165) is 12.1 Å². The van der Waals surface area contributed by atoms with E-state index in [1.165, 1.54) is 6.07 Å². The number of benzene rings is 1. The van der Waals surface area contributed by atoms with E-state index in [9.17, 15) is 12.8 Å². The summed E-state index contributed by atoms with van der Waals surface area (Å²) in [6.45, 7) is 0. The topological polar surface area (TPSA) is 60.2 Å². The molecule has 0 saturated heterocycles. The minimum Gasteiger partial charge on any atom is -0.225 e. The Kier molecular flexibility index (Phi) is 1.92. The normalized spacial score (nSPS) is 11.5. The molecule has 0 atom stereocenters. The highest BCUT2D eigenvalue weighted by Gasteiger charge is 2.11. The van der Waals surface area contributed by atoms with Crippen molar-refractivity contribution >= 4 is 10.0 Å². The third-order valence-electron chi connectivity index (χ3n) is 1.08. The minimum atomic E-state index is -3.94. The molecule has 1 radical (unpaired) electrons. The highest BCUT2D eigenvalue weighted by atomic mass is 32.2. The molecule has 0 aliphatic carbocycles. The Bertz CT molecular complexity index is 361. The molecule has 1 rings (SSSR count). The Morgan fingerprint density at radius 3 is 2.55 bits per heavy atom. The van der Waals surface area contributed by atoms with Crippen LogP contribution in [0.3, 0.4) is 0 Å². The van der Waals surface area contributed by atoms with Crippen LogP contribution >= 0.6 is 0 Å². The molecule has 0 unspecified atom stereocenters. The zero-order valence-electron chi connectivity index (χ0n) is 5.41. The molecule has 0 bridgehead atoms. The predicted molar refractivity (Wildman–Crippen MR) is 36.6 cm³/mol.